The van der Waals surface area contributed by atoms with Crippen LogP contribution in [0.2, 0.25) is 36.3 Å². The molecule has 1 saturated heterocycles. The third kappa shape index (κ3) is 8.67. The Kier molecular flexibility index (Phi) is 13.9. The predicted molar refractivity (Wildman–Crippen MR) is 281 cm³/mol. The average Bonchev–Trinajstić information content (AvgIpc) is 4.12. The van der Waals surface area contributed by atoms with Gasteiger partial charge < -0.3 is 18.2 Å². The monoisotopic (exact) mass is 973 g/mol. The molecule has 3 heterocycles. The fourth-order valence-corrected chi connectivity index (χ4v) is 18.2. The van der Waals surface area contributed by atoms with Gasteiger partial charge in [-0.05, 0) is 174 Å². The van der Waals surface area contributed by atoms with Crippen molar-refractivity contribution in [3.63, 3.8) is 0 Å². The number of hydrogen-bond acceptors (Lipinski definition) is 6. The Morgan fingerprint density at radius 3 is 1.52 bits per heavy atom. The number of benzene rings is 2. The smallest absolute Gasteiger partial charge is 0.407 e. The second-order valence-corrected chi connectivity index (χ2v) is 31.2. The molecule has 0 radical (unpaired) electrons. The molecular weight excluding hydrogens is 898 g/mol. The number of hydrogen-bond donors (Lipinski definition) is 0. The summed E-state index contributed by atoms with van der Waals surface area (Å²) in [6, 6.07) is 19.6. The molecule has 5 aliphatic rings. The van der Waals surface area contributed by atoms with Gasteiger partial charge in [0.25, 0.3) is 0 Å². The van der Waals surface area contributed by atoms with Crippen LogP contribution in [0.5, 0.6) is 0 Å². The van der Waals surface area contributed by atoms with Crippen molar-refractivity contribution in [2.45, 2.75) is 180 Å². The topological polar surface area (TPSA) is 72.6 Å². The molecule has 0 N–H and O–H groups in total. The maximum atomic E-state index is 13.6. The van der Waals surface area contributed by atoms with Crippen molar-refractivity contribution < 1.29 is 26.9 Å². The van der Waals surface area contributed by atoms with Crippen LogP contribution in [0.25, 0.3) is 23.5 Å². The van der Waals surface area contributed by atoms with Crippen LogP contribution in [0.4, 0.5) is 8.78 Å². The Morgan fingerprint density at radius 1 is 0.652 bits per heavy atom. The first-order valence-corrected chi connectivity index (χ1v) is 30.8. The van der Waals surface area contributed by atoms with Crippen molar-refractivity contribution in [3.8, 4) is 23.7 Å². The zero-order chi connectivity index (χ0) is 49.8. The van der Waals surface area contributed by atoms with Crippen LogP contribution in [0.1, 0.15) is 131 Å². The van der Waals surface area contributed by atoms with E-state index < -0.39 is 35.0 Å². The number of fused-ring (bicyclic) bond motifs is 4. The molecule has 13 heteroatoms. The summed E-state index contributed by atoms with van der Waals surface area (Å²) in [4.78, 5) is 0. The summed E-state index contributed by atoms with van der Waals surface area (Å²) in [6.07, 6.45) is 22.4. The van der Waals surface area contributed by atoms with Crippen LogP contribution < -0.4 is 0 Å². The molecule has 368 valence electrons. The lowest BCUT2D eigenvalue weighted by Crippen LogP contribution is -2.54. The molecule has 0 amide bonds. The minimum atomic E-state index is -1.97. The molecule has 4 atom stereocenters. The van der Waals surface area contributed by atoms with Crippen LogP contribution in [-0.2, 0) is 31.0 Å². The molecule has 1 aliphatic heterocycles. The first kappa shape index (κ1) is 51.2. The van der Waals surface area contributed by atoms with E-state index in [1.54, 1.807) is 24.3 Å². The van der Waals surface area contributed by atoms with Crippen molar-refractivity contribution in [2.75, 3.05) is 0 Å². The van der Waals surface area contributed by atoms with Gasteiger partial charge in [-0.2, -0.15) is 10.2 Å². The molecule has 69 heavy (non-hydrogen) atoms. The van der Waals surface area contributed by atoms with Gasteiger partial charge in [-0.3, -0.25) is 0 Å². The molecule has 2 aromatic heterocycles. The van der Waals surface area contributed by atoms with Gasteiger partial charge in [0, 0.05) is 10.8 Å². The highest BCUT2D eigenvalue weighted by Gasteiger charge is 2.60. The molecule has 2 aromatic carbocycles. The molecule has 2 saturated carbocycles. The van der Waals surface area contributed by atoms with Gasteiger partial charge in [-0.25, -0.2) is 18.1 Å². The minimum absolute atomic E-state index is 0.214. The van der Waals surface area contributed by atoms with Crippen molar-refractivity contribution >= 4 is 35.9 Å². The number of terminal acetylenes is 1. The lowest BCUT2D eigenvalue weighted by Gasteiger charge is -2.49. The maximum Gasteiger partial charge on any atom is 0.486 e. The second kappa shape index (κ2) is 18.8. The van der Waals surface area contributed by atoms with Crippen LogP contribution in [0, 0.1) is 34.8 Å². The highest BCUT2D eigenvalue weighted by molar-refractivity contribution is 6.74. The zero-order valence-electron chi connectivity index (χ0n) is 43.4. The van der Waals surface area contributed by atoms with E-state index in [0.29, 0.717) is 0 Å². The first-order valence-electron chi connectivity index (χ1n) is 25.7. The van der Waals surface area contributed by atoms with Gasteiger partial charge in [0.05, 0.1) is 52.0 Å². The average molecular weight is 973 g/mol. The first-order chi connectivity index (χ1) is 32.7. The largest absolute Gasteiger partial charge is 0.486 e. The predicted octanol–water partition coefficient (Wildman–Crippen LogP) is 13.8. The van der Waals surface area contributed by atoms with Crippen LogP contribution in [0.15, 0.2) is 84.1 Å². The number of nitrogens with zero attached hydrogens (tertiary/aromatic N) is 4. The maximum absolute atomic E-state index is 13.6. The number of halogens is 2. The normalized spacial score (nSPS) is 26.7. The van der Waals surface area contributed by atoms with E-state index in [1.807, 2.05) is 21.8 Å². The molecule has 9 rings (SSSR count). The van der Waals surface area contributed by atoms with Gasteiger partial charge in [0.2, 0.25) is 0 Å². The SMILES string of the molecule is C#C[C@]1(O[Si](CC)(CC)CC)CCC2=Cc3c(cnn3-c3ccc(F)cc3)C[C@@]21C.CC[Si](CC)(CC)O[C@@]1(/C=C/B2OC(C)(C)C(C)(C)O2)CCC2=Cc3c(cnn3-c3ccc(F)cc3)C[C@@]21C. The van der Waals surface area contributed by atoms with E-state index in [0.717, 1.165) is 97.6 Å². The van der Waals surface area contributed by atoms with Crippen molar-refractivity contribution in [1.82, 2.24) is 19.6 Å². The van der Waals surface area contributed by atoms with Crippen molar-refractivity contribution in [1.29, 1.82) is 0 Å². The molecule has 4 aromatic rings. The Labute approximate surface area is 413 Å². The fourth-order valence-electron chi connectivity index (χ4n) is 12.1. The summed E-state index contributed by atoms with van der Waals surface area (Å²) >= 11 is 0. The van der Waals surface area contributed by atoms with Crippen LogP contribution >= 0.6 is 0 Å². The van der Waals surface area contributed by atoms with Gasteiger partial charge >= 0.3 is 7.12 Å². The van der Waals surface area contributed by atoms with Crippen molar-refractivity contribution in [3.05, 3.63) is 118 Å². The molecule has 4 aliphatic carbocycles. The van der Waals surface area contributed by atoms with Gasteiger partial charge in [-0.15, -0.1) is 6.42 Å². The molecule has 8 nitrogen and oxygen atoms in total. The van der Waals surface area contributed by atoms with Gasteiger partial charge in [0.15, 0.2) is 16.6 Å². The van der Waals surface area contributed by atoms with Crippen LogP contribution in [-0.4, -0.2) is 65.7 Å². The van der Waals surface area contributed by atoms with Gasteiger partial charge in [-0.1, -0.05) is 84.5 Å². The molecular formula is C56H75BF2N4O4Si2. The van der Waals surface area contributed by atoms with E-state index in [1.165, 1.54) is 46.5 Å². The number of aromatic nitrogens is 4. The third-order valence-corrected chi connectivity index (χ3v) is 27.4. The highest BCUT2D eigenvalue weighted by Crippen LogP contribution is 2.60. The van der Waals surface area contributed by atoms with E-state index in [-0.39, 0.29) is 33.7 Å². The standard InChI is InChI=1S/C31H44BFN2O3Si.C25H31FN2OSi/c1-9-39(10-2,11-3)38-31(18-19-32-36-28(4,5)29(6,7)37-32)17-16-24-20-27-23(21-30(24,31)8)22-34-35(27)26-14-12-25(33)13-15-26;1-6-25(29-30(7-2,8-3)9-4)15-14-20-16-23-19(17-24(20,25)5)18-27-28(23)22-12-10-21(26)11-13-22/h12-15,18-20,22H,9-11,16-17,21H2,1-8H3;1,10-13,16,18H,7-9,14-15,17H2,2-5H3/b19-18+;/t30-,31+;24-,25-/m00/s1. The zero-order valence-corrected chi connectivity index (χ0v) is 45.4. The molecule has 0 spiro atoms. The third-order valence-electron chi connectivity index (χ3n) is 18.1. The summed E-state index contributed by atoms with van der Waals surface area (Å²) in [6.45, 7) is 26.7. The van der Waals surface area contributed by atoms with E-state index >= 15 is 0 Å². The lowest BCUT2D eigenvalue weighted by atomic mass is 9.66. The summed E-state index contributed by atoms with van der Waals surface area (Å²) in [5.74, 6) is 4.78. The Bertz CT molecular complexity index is 2630. The Balaban J connectivity index is 0.000000192. The fraction of sp³-hybridized carbons (Fsp3) is 0.536. The van der Waals surface area contributed by atoms with E-state index in [9.17, 15) is 8.78 Å². The molecule has 0 unspecified atom stereocenters. The quantitative estimate of drug-likeness (QED) is 0.0926. The molecule has 3 fully saturated rings. The summed E-state index contributed by atoms with van der Waals surface area (Å²) in [5.41, 5.74) is 6.80. The van der Waals surface area contributed by atoms with Gasteiger partial charge in [0.1, 0.15) is 17.2 Å². The lowest BCUT2D eigenvalue weighted by molar-refractivity contribution is 0.00578. The van der Waals surface area contributed by atoms with Crippen LogP contribution in [0.3, 0.4) is 0 Å². The molecule has 0 bridgehead atoms. The minimum Gasteiger partial charge on any atom is -0.407 e. The van der Waals surface area contributed by atoms with E-state index in [4.69, 9.17) is 29.7 Å². The Morgan fingerprint density at radius 2 is 1.07 bits per heavy atom. The summed E-state index contributed by atoms with van der Waals surface area (Å²) in [5, 5.41) is 9.35. The highest BCUT2D eigenvalue weighted by atomic mass is 28.4. The number of rotatable bonds is 14. The Hall–Kier alpha value is -4.16. The summed E-state index contributed by atoms with van der Waals surface area (Å²) in [7, 11) is -4.25. The second-order valence-electron chi connectivity index (χ2n) is 21.8. The van der Waals surface area contributed by atoms with Crippen molar-refractivity contribution in [2.24, 2.45) is 10.8 Å². The van der Waals surface area contributed by atoms with E-state index in [2.05, 4.69) is 118 Å². The summed E-state index contributed by atoms with van der Waals surface area (Å²) < 4.78 is 58.1.